The van der Waals surface area contributed by atoms with Crippen molar-refractivity contribution in [2.75, 3.05) is 59.6 Å². The Morgan fingerprint density at radius 3 is 2.18 bits per heavy atom. The van der Waals surface area contributed by atoms with Crippen LogP contribution < -0.4 is 5.32 Å². The molecular formula is C50H55F6N7O8. The Hall–Kier alpha value is -6.01. The molecular weight excluding hydrogens is 941 g/mol. The van der Waals surface area contributed by atoms with Crippen LogP contribution in [0, 0.1) is 33.5 Å². The van der Waals surface area contributed by atoms with Crippen LogP contribution in [0.15, 0.2) is 54.9 Å². The van der Waals surface area contributed by atoms with Crippen molar-refractivity contribution in [1.82, 2.24) is 29.8 Å². The highest BCUT2D eigenvalue weighted by Gasteiger charge is 2.72. The van der Waals surface area contributed by atoms with Crippen molar-refractivity contribution < 1.29 is 64.5 Å². The maximum absolute atomic E-state index is 14.9. The molecule has 5 aliphatic heterocycles. The van der Waals surface area contributed by atoms with Gasteiger partial charge < -0.3 is 34.2 Å². The molecule has 3 aromatic rings. The smallest absolute Gasteiger partial charge is 0.417 e. The molecule has 1 aromatic heterocycles. The van der Waals surface area contributed by atoms with E-state index in [9.17, 15) is 50.3 Å². The number of benzene rings is 2. The van der Waals surface area contributed by atoms with Gasteiger partial charge in [-0.05, 0) is 99.6 Å². The van der Waals surface area contributed by atoms with Gasteiger partial charge in [0.1, 0.15) is 11.5 Å². The molecule has 15 nitrogen and oxygen atoms in total. The molecule has 5 saturated heterocycles. The average Bonchev–Trinajstić information content (AvgIpc) is 3.91. The lowest BCUT2D eigenvalue weighted by atomic mass is 9.70. The Labute approximate surface area is 405 Å². The first-order valence-electron chi connectivity index (χ1n) is 24.0. The van der Waals surface area contributed by atoms with Crippen molar-refractivity contribution in [3.63, 3.8) is 0 Å². The minimum absolute atomic E-state index is 0.0775. The number of halogens is 6. The summed E-state index contributed by atoms with van der Waals surface area (Å²) in [7, 11) is 0.995. The number of nitrogens with zero attached hydrogens (tertiary/aromatic N) is 6. The molecule has 2 aliphatic carbocycles. The molecule has 10 rings (SSSR count). The molecule has 380 valence electrons. The Balaban J connectivity index is 0.946. The number of nitrogens with one attached hydrogen (secondary N) is 1. The molecule has 7 aliphatic rings. The van der Waals surface area contributed by atoms with Gasteiger partial charge in [-0.1, -0.05) is 18.2 Å². The van der Waals surface area contributed by atoms with E-state index in [1.54, 1.807) is 31.2 Å². The third-order valence-corrected chi connectivity index (χ3v) is 15.9. The van der Waals surface area contributed by atoms with Crippen molar-refractivity contribution in [2.45, 2.75) is 101 Å². The van der Waals surface area contributed by atoms with E-state index in [-0.39, 0.29) is 95.2 Å². The van der Waals surface area contributed by atoms with E-state index < -0.39 is 87.9 Å². The summed E-state index contributed by atoms with van der Waals surface area (Å²) in [5.41, 5.74) is -3.88. The van der Waals surface area contributed by atoms with Gasteiger partial charge in [0.05, 0.1) is 79.5 Å². The number of esters is 1. The molecule has 71 heavy (non-hydrogen) atoms. The summed E-state index contributed by atoms with van der Waals surface area (Å²) in [6.07, 6.45) is -4.17. The van der Waals surface area contributed by atoms with E-state index >= 15 is 0 Å². The van der Waals surface area contributed by atoms with Crippen LogP contribution in [0.2, 0.25) is 0 Å². The molecule has 21 heteroatoms. The van der Waals surface area contributed by atoms with Crippen LogP contribution >= 0.6 is 0 Å². The number of hydrogen-bond donors (Lipinski definition) is 1. The number of amides is 4. The Bertz CT molecular complexity index is 2570. The first-order chi connectivity index (χ1) is 33.7. The highest BCUT2D eigenvalue weighted by atomic mass is 19.4. The van der Waals surface area contributed by atoms with Crippen LogP contribution in [0.25, 0.3) is 0 Å². The molecule has 2 aromatic carbocycles. The number of ether oxygens (including phenoxy) is 3. The molecule has 1 N–H and O–H groups in total. The first kappa shape index (κ1) is 50.0. The molecule has 2 saturated carbocycles. The number of fused-ring (bicyclic) bond motifs is 3. The minimum Gasteiger partial charge on any atom is -0.465 e. The monoisotopic (exact) mass is 995 g/mol. The predicted molar refractivity (Wildman–Crippen MR) is 238 cm³/mol. The van der Waals surface area contributed by atoms with Gasteiger partial charge in [-0.2, -0.15) is 36.7 Å². The number of aromatic nitrogens is 2. The fourth-order valence-corrected chi connectivity index (χ4v) is 11.3. The lowest BCUT2D eigenvalue weighted by Gasteiger charge is -2.51. The number of carbonyl (C=O) groups excluding carboxylic acids is 5. The van der Waals surface area contributed by atoms with Gasteiger partial charge in [-0.15, -0.1) is 0 Å². The SMILES string of the molecule is COC(=O)c1ccc(C2CCN(C(=O)[C@@H](NC(=O)[C@@H]3CN(C(=O)c4cnn(Cc5ccc(C#N)cc5)c4)CC34CN(C(=O)C3(C(F)(F)F)CC3)C4)[C@@H](C)OCC34CCC(CC3)OC4)CC2)cc1C(F)(F)F. The molecule has 6 heterocycles. The summed E-state index contributed by atoms with van der Waals surface area (Å²) in [5, 5.41) is 16.4. The largest absolute Gasteiger partial charge is 0.465 e. The molecule has 3 atom stereocenters. The van der Waals surface area contributed by atoms with E-state index in [1.165, 1.54) is 32.9 Å². The zero-order valence-electron chi connectivity index (χ0n) is 39.3. The zero-order chi connectivity index (χ0) is 50.7. The molecule has 0 radical (unpaired) electrons. The zero-order valence-corrected chi connectivity index (χ0v) is 39.3. The van der Waals surface area contributed by atoms with E-state index in [4.69, 9.17) is 14.7 Å². The number of hydrogen-bond acceptors (Lipinski definition) is 10. The number of rotatable bonds is 13. The quantitative estimate of drug-likeness (QED) is 0.156. The topological polar surface area (TPSA) is 176 Å². The van der Waals surface area contributed by atoms with Gasteiger partial charge in [0, 0.05) is 56.3 Å². The van der Waals surface area contributed by atoms with E-state index in [0.29, 0.717) is 17.7 Å². The second-order valence-corrected chi connectivity index (χ2v) is 20.5. The Morgan fingerprint density at radius 2 is 1.59 bits per heavy atom. The Morgan fingerprint density at radius 1 is 0.915 bits per heavy atom. The number of carbonyl (C=O) groups is 5. The summed E-state index contributed by atoms with van der Waals surface area (Å²) in [4.78, 5) is 73.6. The number of likely N-dealkylation sites (tertiary alicyclic amines) is 3. The lowest BCUT2D eigenvalue weighted by molar-refractivity contribution is -0.205. The van der Waals surface area contributed by atoms with Crippen LogP contribution in [-0.4, -0.2) is 138 Å². The summed E-state index contributed by atoms with van der Waals surface area (Å²) < 4.78 is 103. The predicted octanol–water partition coefficient (Wildman–Crippen LogP) is 6.11. The van der Waals surface area contributed by atoms with Crippen LogP contribution in [0.3, 0.4) is 0 Å². The van der Waals surface area contributed by atoms with Crippen molar-refractivity contribution in [1.29, 1.82) is 5.26 Å². The minimum atomic E-state index is -4.84. The van der Waals surface area contributed by atoms with E-state index in [2.05, 4.69) is 21.2 Å². The highest BCUT2D eigenvalue weighted by molar-refractivity contribution is 5.96. The fourth-order valence-electron chi connectivity index (χ4n) is 11.3. The van der Waals surface area contributed by atoms with Crippen LogP contribution in [0.1, 0.15) is 107 Å². The summed E-state index contributed by atoms with van der Waals surface area (Å²) >= 11 is 0. The maximum Gasteiger partial charge on any atom is 0.417 e. The molecule has 2 bridgehead atoms. The van der Waals surface area contributed by atoms with E-state index in [1.807, 2.05) is 0 Å². The van der Waals surface area contributed by atoms with Crippen molar-refractivity contribution >= 4 is 29.6 Å². The summed E-state index contributed by atoms with van der Waals surface area (Å²) in [6.45, 7) is 2.13. The lowest BCUT2D eigenvalue weighted by Crippen LogP contribution is -2.67. The van der Waals surface area contributed by atoms with Gasteiger partial charge in [0.25, 0.3) is 5.91 Å². The van der Waals surface area contributed by atoms with Crippen molar-refractivity contribution in [3.8, 4) is 6.07 Å². The van der Waals surface area contributed by atoms with Gasteiger partial charge in [0.2, 0.25) is 17.7 Å². The molecule has 1 spiro atoms. The van der Waals surface area contributed by atoms with Gasteiger partial charge >= 0.3 is 18.3 Å². The second-order valence-electron chi connectivity index (χ2n) is 20.5. The third-order valence-electron chi connectivity index (χ3n) is 15.9. The average molecular weight is 996 g/mol. The first-order valence-corrected chi connectivity index (χ1v) is 24.0. The fraction of sp³-hybridized carbons (Fsp3) is 0.580. The summed E-state index contributed by atoms with van der Waals surface area (Å²) in [5.74, 6) is -5.34. The van der Waals surface area contributed by atoms with Crippen LogP contribution in [-0.2, 0) is 41.3 Å². The number of methoxy groups -OCH3 is 1. The normalized spacial score (nSPS) is 24.5. The standard InChI is InChI=1S/C50H55F6N7O8/c1-30(70-28-46-13-9-36(10-14-46)71-29-46)40(43(66)60-17-11-33(12-18-60)34-7-8-37(44(67)69-2)38(19-34)49(51,52)53)59-41(64)39-24-61(25-47(39)26-62(27-47)45(68)48(15-16-48)50(54,55)56)42(65)35-21-58-63(23-35)22-32-5-3-31(20-57)4-6-32/h3-8,19,21,23,30,33,36,39-40H,9-18,22,24-29H2,1-2H3,(H,59,64)/t30-,36?,39+,40+,46?/m1/s1. The van der Waals surface area contributed by atoms with Gasteiger partial charge in [-0.3, -0.25) is 23.9 Å². The van der Waals surface area contributed by atoms with E-state index in [0.717, 1.165) is 55.4 Å². The molecule has 0 unspecified atom stereocenters. The van der Waals surface area contributed by atoms with Crippen molar-refractivity contribution in [3.05, 3.63) is 88.2 Å². The highest BCUT2D eigenvalue weighted by Crippen LogP contribution is 2.60. The maximum atomic E-state index is 14.9. The van der Waals surface area contributed by atoms with Gasteiger partial charge in [-0.25, -0.2) is 4.79 Å². The second kappa shape index (κ2) is 18.9. The Kier molecular flexibility index (Phi) is 13.3. The summed E-state index contributed by atoms with van der Waals surface area (Å²) in [6, 6.07) is 11.1. The molecule has 4 amide bonds. The van der Waals surface area contributed by atoms with Crippen LogP contribution in [0.5, 0.6) is 0 Å². The third kappa shape index (κ3) is 9.73. The number of nitriles is 1. The van der Waals surface area contributed by atoms with Crippen molar-refractivity contribution in [2.24, 2.45) is 22.2 Å². The molecule has 7 fully saturated rings. The number of piperidine rings is 1. The van der Waals surface area contributed by atoms with Crippen LogP contribution in [0.4, 0.5) is 26.3 Å². The number of alkyl halides is 6. The van der Waals surface area contributed by atoms with Gasteiger partial charge in [0.15, 0.2) is 0 Å².